The maximum absolute atomic E-state index is 13.1. The lowest BCUT2D eigenvalue weighted by Gasteiger charge is -2.38. The molecule has 3 fully saturated rings. The van der Waals surface area contributed by atoms with Crippen molar-refractivity contribution in [3.63, 3.8) is 0 Å². The third-order valence-corrected chi connectivity index (χ3v) is 6.41. The number of rotatable bonds is 3. The molecular formula is C21H32N4O. The van der Waals surface area contributed by atoms with E-state index < -0.39 is 0 Å². The molecule has 2 atom stereocenters. The Balaban J connectivity index is 1.42. The number of hydrogen-bond donors (Lipinski definition) is 1. The number of amides is 1. The summed E-state index contributed by atoms with van der Waals surface area (Å²) in [5, 5.41) is 3.47. The molecule has 26 heavy (non-hydrogen) atoms. The summed E-state index contributed by atoms with van der Waals surface area (Å²) in [4.78, 5) is 20.2. The van der Waals surface area contributed by atoms with Crippen LogP contribution >= 0.6 is 0 Å². The zero-order valence-corrected chi connectivity index (χ0v) is 16.2. The Bertz CT molecular complexity index is 607. The Kier molecular flexibility index (Phi) is 5.18. The zero-order valence-electron chi connectivity index (χ0n) is 16.2. The molecule has 3 aliphatic rings. The Morgan fingerprint density at radius 3 is 2.38 bits per heavy atom. The predicted molar refractivity (Wildman–Crippen MR) is 106 cm³/mol. The van der Waals surface area contributed by atoms with Crippen molar-refractivity contribution in [1.29, 1.82) is 0 Å². The highest BCUT2D eigenvalue weighted by atomic mass is 16.2. The van der Waals surface area contributed by atoms with Gasteiger partial charge in [0, 0.05) is 62.1 Å². The molecule has 2 bridgehead atoms. The first-order valence-electron chi connectivity index (χ1n) is 10.3. The van der Waals surface area contributed by atoms with Crippen LogP contribution in [0, 0.1) is 0 Å². The minimum Gasteiger partial charge on any atom is -0.369 e. The number of carbonyl (C=O) groups excluding carboxylic acids is 1. The molecule has 3 heterocycles. The van der Waals surface area contributed by atoms with E-state index in [2.05, 4.69) is 46.0 Å². The molecule has 3 aliphatic heterocycles. The van der Waals surface area contributed by atoms with E-state index in [4.69, 9.17) is 0 Å². The Labute approximate surface area is 157 Å². The molecule has 2 unspecified atom stereocenters. The summed E-state index contributed by atoms with van der Waals surface area (Å²) in [6, 6.07) is 9.75. The van der Waals surface area contributed by atoms with Crippen LogP contribution in [0.4, 0.5) is 5.69 Å². The van der Waals surface area contributed by atoms with Gasteiger partial charge in [-0.2, -0.15) is 0 Å². The van der Waals surface area contributed by atoms with Crippen molar-refractivity contribution in [3.05, 3.63) is 29.8 Å². The lowest BCUT2D eigenvalue weighted by atomic mass is 10.1. The van der Waals surface area contributed by atoms with Crippen LogP contribution in [0.2, 0.25) is 0 Å². The van der Waals surface area contributed by atoms with Gasteiger partial charge in [0.25, 0.3) is 5.91 Å². The molecule has 0 saturated carbocycles. The van der Waals surface area contributed by atoms with Crippen LogP contribution in [-0.2, 0) is 0 Å². The normalized spacial score (nSPS) is 27.0. The van der Waals surface area contributed by atoms with Crippen LogP contribution in [0.25, 0.3) is 0 Å². The smallest absolute Gasteiger partial charge is 0.254 e. The molecule has 1 N–H and O–H groups in total. The summed E-state index contributed by atoms with van der Waals surface area (Å²) in [6.07, 6.45) is 3.39. The van der Waals surface area contributed by atoms with Gasteiger partial charge in [0.1, 0.15) is 0 Å². The van der Waals surface area contributed by atoms with Gasteiger partial charge in [0.05, 0.1) is 0 Å². The number of benzene rings is 1. The lowest BCUT2D eigenvalue weighted by Crippen LogP contribution is -2.48. The second kappa shape index (κ2) is 7.57. The maximum atomic E-state index is 13.1. The van der Waals surface area contributed by atoms with E-state index in [1.54, 1.807) is 0 Å². The van der Waals surface area contributed by atoms with Gasteiger partial charge < -0.3 is 15.1 Å². The van der Waals surface area contributed by atoms with Crippen molar-refractivity contribution in [1.82, 2.24) is 15.1 Å². The van der Waals surface area contributed by atoms with Crippen LogP contribution in [0.3, 0.4) is 0 Å². The molecule has 0 radical (unpaired) electrons. The molecule has 1 aromatic rings. The van der Waals surface area contributed by atoms with Crippen LogP contribution < -0.4 is 10.2 Å². The topological polar surface area (TPSA) is 38.8 Å². The fourth-order valence-electron chi connectivity index (χ4n) is 4.77. The Morgan fingerprint density at radius 1 is 1.00 bits per heavy atom. The zero-order chi connectivity index (χ0) is 18.1. The highest BCUT2D eigenvalue weighted by molar-refractivity contribution is 5.95. The third kappa shape index (κ3) is 3.47. The van der Waals surface area contributed by atoms with Gasteiger partial charge in [0.15, 0.2) is 0 Å². The number of carbonyl (C=O) groups is 1. The molecule has 5 nitrogen and oxygen atoms in total. The van der Waals surface area contributed by atoms with Crippen LogP contribution in [0.5, 0.6) is 0 Å². The van der Waals surface area contributed by atoms with Gasteiger partial charge in [-0.25, -0.2) is 0 Å². The molecule has 3 saturated heterocycles. The van der Waals surface area contributed by atoms with Gasteiger partial charge in [-0.05, 0) is 63.9 Å². The van der Waals surface area contributed by atoms with Crippen molar-refractivity contribution in [2.75, 3.05) is 44.2 Å². The van der Waals surface area contributed by atoms with Crippen LogP contribution in [0.15, 0.2) is 24.3 Å². The first kappa shape index (κ1) is 17.8. The monoisotopic (exact) mass is 356 g/mol. The highest BCUT2D eigenvalue weighted by Gasteiger charge is 2.38. The van der Waals surface area contributed by atoms with E-state index >= 15 is 0 Å². The first-order valence-corrected chi connectivity index (χ1v) is 10.3. The summed E-state index contributed by atoms with van der Waals surface area (Å²) in [5.41, 5.74) is 2.08. The average molecular weight is 357 g/mol. The predicted octanol–water partition coefficient (Wildman–Crippen LogP) is 2.18. The fraction of sp³-hybridized carbons (Fsp3) is 0.667. The van der Waals surface area contributed by atoms with Crippen LogP contribution in [0.1, 0.15) is 43.5 Å². The van der Waals surface area contributed by atoms with Crippen molar-refractivity contribution >= 4 is 11.6 Å². The van der Waals surface area contributed by atoms with Crippen molar-refractivity contribution in [3.8, 4) is 0 Å². The average Bonchev–Trinajstić information content (AvgIpc) is 2.94. The highest BCUT2D eigenvalue weighted by Crippen LogP contribution is 2.30. The van der Waals surface area contributed by atoms with E-state index in [-0.39, 0.29) is 5.91 Å². The summed E-state index contributed by atoms with van der Waals surface area (Å²) in [5.74, 6) is 0.220. The molecular weight excluding hydrogens is 324 g/mol. The standard InChI is InChI=1S/C21H32N4O/c1-16(2)23-11-13-24(14-12-23)18-5-3-17(4-6-18)21(26)25-19-7-8-20(25)15-22-10-9-19/h3-6,16,19-20,22H,7-15H2,1-2H3. The number of nitrogens with one attached hydrogen (secondary N) is 1. The molecule has 0 aromatic heterocycles. The SMILES string of the molecule is CC(C)N1CCN(c2ccc(C(=O)N3C4CCNCC3CC4)cc2)CC1. The number of anilines is 1. The lowest BCUT2D eigenvalue weighted by molar-refractivity contribution is 0.0680. The largest absolute Gasteiger partial charge is 0.369 e. The molecule has 0 spiro atoms. The van der Waals surface area contributed by atoms with E-state index in [0.29, 0.717) is 18.1 Å². The minimum absolute atomic E-state index is 0.220. The molecule has 0 aliphatic carbocycles. The number of fused-ring (bicyclic) bond motifs is 2. The van der Waals surface area contributed by atoms with Crippen molar-refractivity contribution < 1.29 is 4.79 Å². The van der Waals surface area contributed by atoms with E-state index in [0.717, 1.165) is 64.1 Å². The van der Waals surface area contributed by atoms with E-state index in [1.807, 2.05) is 12.1 Å². The third-order valence-electron chi connectivity index (χ3n) is 6.41. The molecule has 1 amide bonds. The Morgan fingerprint density at radius 2 is 1.69 bits per heavy atom. The quantitative estimate of drug-likeness (QED) is 0.901. The van der Waals surface area contributed by atoms with Gasteiger partial charge in [0.2, 0.25) is 0 Å². The van der Waals surface area contributed by atoms with Crippen molar-refractivity contribution in [2.45, 2.75) is 51.2 Å². The second-order valence-electron chi connectivity index (χ2n) is 8.25. The molecule has 1 aromatic carbocycles. The van der Waals surface area contributed by atoms with Gasteiger partial charge in [-0.1, -0.05) is 0 Å². The fourth-order valence-corrected chi connectivity index (χ4v) is 4.77. The first-order chi connectivity index (χ1) is 12.6. The van der Waals surface area contributed by atoms with Crippen molar-refractivity contribution in [2.24, 2.45) is 0 Å². The molecule has 4 rings (SSSR count). The van der Waals surface area contributed by atoms with Gasteiger partial charge in [-0.3, -0.25) is 9.69 Å². The molecule has 5 heteroatoms. The maximum Gasteiger partial charge on any atom is 0.254 e. The summed E-state index contributed by atoms with van der Waals surface area (Å²) in [7, 11) is 0. The van der Waals surface area contributed by atoms with Crippen LogP contribution in [-0.4, -0.2) is 73.1 Å². The van der Waals surface area contributed by atoms with E-state index in [1.165, 1.54) is 5.69 Å². The Hall–Kier alpha value is -1.59. The second-order valence-corrected chi connectivity index (χ2v) is 8.25. The number of nitrogens with zero attached hydrogens (tertiary/aromatic N) is 3. The van der Waals surface area contributed by atoms with Gasteiger partial charge in [-0.15, -0.1) is 0 Å². The number of hydrogen-bond acceptors (Lipinski definition) is 4. The summed E-state index contributed by atoms with van der Waals surface area (Å²) in [6.45, 7) is 10.9. The van der Waals surface area contributed by atoms with Gasteiger partial charge >= 0.3 is 0 Å². The van der Waals surface area contributed by atoms with E-state index in [9.17, 15) is 4.79 Å². The molecule has 142 valence electrons. The minimum atomic E-state index is 0.220. The summed E-state index contributed by atoms with van der Waals surface area (Å²) < 4.78 is 0. The number of piperazine rings is 1. The summed E-state index contributed by atoms with van der Waals surface area (Å²) >= 11 is 0.